The van der Waals surface area contributed by atoms with Gasteiger partial charge in [0.15, 0.2) is 5.43 Å². The van der Waals surface area contributed by atoms with E-state index in [0.717, 1.165) is 5.56 Å². The van der Waals surface area contributed by atoms with E-state index in [2.05, 4.69) is 15.9 Å². The molecule has 0 aliphatic rings. The lowest BCUT2D eigenvalue weighted by molar-refractivity contribution is 0.601. The summed E-state index contributed by atoms with van der Waals surface area (Å²) >= 11 is 9.35. The van der Waals surface area contributed by atoms with E-state index in [-0.39, 0.29) is 5.43 Å². The Kier molecular flexibility index (Phi) is 3.95. The van der Waals surface area contributed by atoms with Crippen LogP contribution in [0.25, 0.3) is 23.1 Å². The molecule has 0 radical (unpaired) electrons. The number of fused-ring (bicyclic) bond motifs is 1. The molecule has 2 nitrogen and oxygen atoms in total. The van der Waals surface area contributed by atoms with Crippen molar-refractivity contribution in [3.63, 3.8) is 0 Å². The van der Waals surface area contributed by atoms with Crippen molar-refractivity contribution in [2.75, 3.05) is 0 Å². The maximum Gasteiger partial charge on any atom is 0.199 e. The van der Waals surface area contributed by atoms with Crippen molar-refractivity contribution in [2.24, 2.45) is 0 Å². The monoisotopic (exact) mass is 360 g/mol. The van der Waals surface area contributed by atoms with Gasteiger partial charge in [-0.25, -0.2) is 0 Å². The minimum Gasteiger partial charge on any atom is -0.463 e. The zero-order valence-corrected chi connectivity index (χ0v) is 13.2. The number of rotatable bonds is 2. The standard InChI is InChI=1S/C17H10BrClO2/c18-14-9-16-13(8-15(14)19)17(20)12(10-21-16)7-6-11-4-2-1-3-5-11/h1-10H/b7-6+. The van der Waals surface area contributed by atoms with Crippen LogP contribution < -0.4 is 5.43 Å². The van der Waals surface area contributed by atoms with Gasteiger partial charge in [0.25, 0.3) is 0 Å². The quantitative estimate of drug-likeness (QED) is 0.613. The maximum atomic E-state index is 12.4. The minimum absolute atomic E-state index is 0.0992. The van der Waals surface area contributed by atoms with Gasteiger partial charge < -0.3 is 4.42 Å². The Morgan fingerprint density at radius 3 is 2.62 bits per heavy atom. The van der Waals surface area contributed by atoms with Crippen LogP contribution in [-0.4, -0.2) is 0 Å². The normalized spacial score (nSPS) is 11.3. The molecule has 1 heterocycles. The summed E-state index contributed by atoms with van der Waals surface area (Å²) in [5.41, 5.74) is 1.92. The van der Waals surface area contributed by atoms with Crippen molar-refractivity contribution in [2.45, 2.75) is 0 Å². The third-order valence-corrected chi connectivity index (χ3v) is 4.29. The van der Waals surface area contributed by atoms with E-state index >= 15 is 0 Å². The van der Waals surface area contributed by atoms with Gasteiger partial charge in [-0.2, -0.15) is 0 Å². The molecule has 3 rings (SSSR count). The SMILES string of the molecule is O=c1c(/C=C/c2ccccc2)coc2cc(Br)c(Cl)cc12. The van der Waals surface area contributed by atoms with Crippen LogP contribution in [0.5, 0.6) is 0 Å². The number of benzene rings is 2. The van der Waals surface area contributed by atoms with Gasteiger partial charge in [0.1, 0.15) is 11.8 Å². The average Bonchev–Trinajstić information content (AvgIpc) is 2.50. The lowest BCUT2D eigenvalue weighted by Crippen LogP contribution is -2.04. The van der Waals surface area contributed by atoms with Crippen molar-refractivity contribution < 1.29 is 4.42 Å². The molecule has 2 aromatic carbocycles. The van der Waals surface area contributed by atoms with Gasteiger partial charge in [-0.3, -0.25) is 4.79 Å². The zero-order valence-electron chi connectivity index (χ0n) is 10.8. The van der Waals surface area contributed by atoms with Crippen LogP contribution in [-0.2, 0) is 0 Å². The number of hydrogen-bond acceptors (Lipinski definition) is 2. The molecule has 21 heavy (non-hydrogen) atoms. The Hall–Kier alpha value is -1.84. The molecular formula is C17H10BrClO2. The summed E-state index contributed by atoms with van der Waals surface area (Å²) in [5.74, 6) is 0. The molecule has 0 unspecified atom stereocenters. The summed E-state index contributed by atoms with van der Waals surface area (Å²) in [6, 6.07) is 13.1. The second-order valence-corrected chi connectivity index (χ2v) is 5.79. The summed E-state index contributed by atoms with van der Waals surface area (Å²) in [7, 11) is 0. The molecule has 0 N–H and O–H groups in total. The predicted octanol–water partition coefficient (Wildman–Crippen LogP) is 5.38. The van der Waals surface area contributed by atoms with E-state index in [0.29, 0.717) is 26.0 Å². The maximum absolute atomic E-state index is 12.4. The van der Waals surface area contributed by atoms with Gasteiger partial charge in [0, 0.05) is 4.47 Å². The van der Waals surface area contributed by atoms with Gasteiger partial charge in [-0.1, -0.05) is 48.0 Å². The van der Waals surface area contributed by atoms with Crippen LogP contribution in [0.15, 0.2) is 62.4 Å². The topological polar surface area (TPSA) is 30.2 Å². The fourth-order valence-corrected chi connectivity index (χ4v) is 2.49. The highest BCUT2D eigenvalue weighted by Crippen LogP contribution is 2.27. The minimum atomic E-state index is -0.0992. The second-order valence-electron chi connectivity index (χ2n) is 4.53. The van der Waals surface area contributed by atoms with Gasteiger partial charge >= 0.3 is 0 Å². The smallest absolute Gasteiger partial charge is 0.199 e. The summed E-state index contributed by atoms with van der Waals surface area (Å²) in [6.07, 6.45) is 5.08. The summed E-state index contributed by atoms with van der Waals surface area (Å²) in [4.78, 5) is 12.4. The highest BCUT2D eigenvalue weighted by molar-refractivity contribution is 9.10. The van der Waals surface area contributed by atoms with E-state index < -0.39 is 0 Å². The second kappa shape index (κ2) is 5.88. The van der Waals surface area contributed by atoms with Gasteiger partial charge in [0.2, 0.25) is 0 Å². The van der Waals surface area contributed by atoms with Crippen molar-refractivity contribution in [1.82, 2.24) is 0 Å². The van der Waals surface area contributed by atoms with Crippen LogP contribution in [0, 0.1) is 0 Å². The van der Waals surface area contributed by atoms with Crippen molar-refractivity contribution in [1.29, 1.82) is 0 Å². The molecule has 0 saturated carbocycles. The molecule has 0 saturated heterocycles. The van der Waals surface area contributed by atoms with Crippen LogP contribution in [0.1, 0.15) is 11.1 Å². The van der Waals surface area contributed by atoms with Crippen LogP contribution in [0.2, 0.25) is 5.02 Å². The molecule has 0 aliphatic carbocycles. The average molecular weight is 362 g/mol. The molecule has 0 atom stereocenters. The zero-order chi connectivity index (χ0) is 14.8. The van der Waals surface area contributed by atoms with E-state index in [1.54, 1.807) is 18.2 Å². The molecule has 0 bridgehead atoms. The molecule has 0 spiro atoms. The van der Waals surface area contributed by atoms with E-state index in [9.17, 15) is 4.79 Å². The molecular weight excluding hydrogens is 352 g/mol. The fourth-order valence-electron chi connectivity index (χ4n) is 2.00. The Balaban J connectivity index is 2.08. The van der Waals surface area contributed by atoms with Crippen molar-refractivity contribution in [3.8, 4) is 0 Å². The Labute approximate surface area is 134 Å². The van der Waals surface area contributed by atoms with Gasteiger partial charge in [-0.05, 0) is 39.7 Å². The molecule has 1 aromatic heterocycles. The first-order chi connectivity index (χ1) is 10.1. The number of halogens is 2. The van der Waals surface area contributed by atoms with E-state index in [1.807, 2.05) is 36.4 Å². The number of hydrogen-bond donors (Lipinski definition) is 0. The molecule has 104 valence electrons. The molecule has 4 heteroatoms. The predicted molar refractivity (Wildman–Crippen MR) is 90.6 cm³/mol. The van der Waals surface area contributed by atoms with Crippen molar-refractivity contribution in [3.05, 3.63) is 79.6 Å². The molecule has 3 aromatic rings. The Morgan fingerprint density at radius 1 is 1.10 bits per heavy atom. The van der Waals surface area contributed by atoms with Crippen LogP contribution in [0.3, 0.4) is 0 Å². The van der Waals surface area contributed by atoms with Crippen molar-refractivity contribution >= 4 is 50.7 Å². The Bertz CT molecular complexity index is 882. The van der Waals surface area contributed by atoms with E-state index in [1.165, 1.54) is 6.26 Å². The van der Waals surface area contributed by atoms with Gasteiger partial charge in [-0.15, -0.1) is 0 Å². The summed E-state index contributed by atoms with van der Waals surface area (Å²) in [6.45, 7) is 0. The third-order valence-electron chi connectivity index (χ3n) is 3.10. The highest BCUT2D eigenvalue weighted by atomic mass is 79.9. The molecule has 0 aliphatic heterocycles. The molecule has 0 fully saturated rings. The van der Waals surface area contributed by atoms with E-state index in [4.69, 9.17) is 16.0 Å². The fraction of sp³-hybridized carbons (Fsp3) is 0. The first-order valence-electron chi connectivity index (χ1n) is 6.29. The highest BCUT2D eigenvalue weighted by Gasteiger charge is 2.08. The largest absolute Gasteiger partial charge is 0.463 e. The Morgan fingerprint density at radius 2 is 1.86 bits per heavy atom. The third kappa shape index (κ3) is 2.94. The van der Waals surface area contributed by atoms with Crippen LogP contribution >= 0.6 is 27.5 Å². The lowest BCUT2D eigenvalue weighted by atomic mass is 10.1. The summed E-state index contributed by atoms with van der Waals surface area (Å²) < 4.78 is 6.21. The molecule has 0 amide bonds. The van der Waals surface area contributed by atoms with Gasteiger partial charge in [0.05, 0.1) is 16.0 Å². The first-order valence-corrected chi connectivity index (χ1v) is 7.46. The van der Waals surface area contributed by atoms with Crippen LogP contribution in [0.4, 0.5) is 0 Å². The first kappa shape index (κ1) is 14.1. The lowest BCUT2D eigenvalue weighted by Gasteiger charge is -2.01. The summed E-state index contributed by atoms with van der Waals surface area (Å²) in [5, 5.41) is 0.956.